The highest BCUT2D eigenvalue weighted by Gasteiger charge is 2.35. The lowest BCUT2D eigenvalue weighted by molar-refractivity contribution is 0.388. The highest BCUT2D eigenvalue weighted by atomic mass is 19.2. The van der Waals surface area contributed by atoms with Gasteiger partial charge in [0.05, 0.1) is 0 Å². The van der Waals surface area contributed by atoms with Crippen molar-refractivity contribution in [1.82, 2.24) is 9.55 Å². The summed E-state index contributed by atoms with van der Waals surface area (Å²) in [6.07, 6.45) is 2.13. The molecule has 1 fully saturated rings. The molecule has 0 aliphatic heterocycles. The molecule has 21 heavy (non-hydrogen) atoms. The van der Waals surface area contributed by atoms with Crippen LogP contribution < -0.4 is 5.73 Å². The standard InChI is InChI=1S/C16H19F2N3/c1-16(2,3)21-14(19)13(20-15(21)9-7-8-9)10-5-4-6-11(17)12(10)18/h4-6,9H,7-8,19H2,1-3H3. The van der Waals surface area contributed by atoms with Crippen molar-refractivity contribution in [2.45, 2.75) is 45.1 Å². The van der Waals surface area contributed by atoms with E-state index in [4.69, 9.17) is 5.73 Å². The van der Waals surface area contributed by atoms with Gasteiger partial charge in [-0.2, -0.15) is 0 Å². The van der Waals surface area contributed by atoms with Crippen molar-refractivity contribution >= 4 is 5.82 Å². The molecule has 0 bridgehead atoms. The van der Waals surface area contributed by atoms with E-state index < -0.39 is 11.6 Å². The molecule has 2 aromatic rings. The highest BCUT2D eigenvalue weighted by molar-refractivity contribution is 5.72. The van der Waals surface area contributed by atoms with Crippen LogP contribution in [0.4, 0.5) is 14.6 Å². The average molecular weight is 291 g/mol. The quantitative estimate of drug-likeness (QED) is 0.907. The maximum absolute atomic E-state index is 14.0. The first kappa shape index (κ1) is 14.0. The molecule has 1 heterocycles. The number of nitrogens with two attached hydrogens (primary N) is 1. The van der Waals surface area contributed by atoms with E-state index in [1.54, 1.807) is 0 Å². The van der Waals surface area contributed by atoms with Gasteiger partial charge in [0, 0.05) is 17.0 Å². The van der Waals surface area contributed by atoms with Crippen molar-refractivity contribution in [1.29, 1.82) is 0 Å². The van der Waals surface area contributed by atoms with Gasteiger partial charge < -0.3 is 10.3 Å². The average Bonchev–Trinajstić information content (AvgIpc) is 3.16. The Morgan fingerprint density at radius 1 is 1.24 bits per heavy atom. The first-order valence-corrected chi connectivity index (χ1v) is 7.13. The van der Waals surface area contributed by atoms with Gasteiger partial charge in [-0.15, -0.1) is 0 Å². The van der Waals surface area contributed by atoms with Crippen molar-refractivity contribution in [2.75, 3.05) is 5.73 Å². The molecule has 0 atom stereocenters. The molecule has 1 aromatic heterocycles. The number of hydrogen-bond acceptors (Lipinski definition) is 2. The second kappa shape index (κ2) is 4.55. The molecular weight excluding hydrogens is 272 g/mol. The summed E-state index contributed by atoms with van der Waals surface area (Å²) in [5, 5.41) is 0. The smallest absolute Gasteiger partial charge is 0.168 e. The molecule has 1 aliphatic rings. The van der Waals surface area contributed by atoms with Crippen LogP contribution in [0.5, 0.6) is 0 Å². The van der Waals surface area contributed by atoms with E-state index >= 15 is 0 Å². The predicted molar refractivity (Wildman–Crippen MR) is 79.0 cm³/mol. The number of anilines is 1. The molecule has 3 nitrogen and oxygen atoms in total. The topological polar surface area (TPSA) is 43.8 Å². The second-order valence-electron chi connectivity index (χ2n) is 6.59. The Morgan fingerprint density at radius 2 is 1.90 bits per heavy atom. The van der Waals surface area contributed by atoms with Gasteiger partial charge >= 0.3 is 0 Å². The van der Waals surface area contributed by atoms with Crippen LogP contribution in [0.1, 0.15) is 45.4 Å². The predicted octanol–water partition coefficient (Wildman–Crippen LogP) is 4.04. The first-order valence-electron chi connectivity index (χ1n) is 7.13. The van der Waals surface area contributed by atoms with Crippen LogP contribution in [0.25, 0.3) is 11.3 Å². The third-order valence-electron chi connectivity index (χ3n) is 3.76. The zero-order valence-corrected chi connectivity index (χ0v) is 12.5. The molecule has 0 spiro atoms. The zero-order chi connectivity index (χ0) is 15.4. The summed E-state index contributed by atoms with van der Waals surface area (Å²) >= 11 is 0. The lowest BCUT2D eigenvalue weighted by atomic mass is 10.1. The third kappa shape index (κ3) is 2.30. The summed E-state index contributed by atoms with van der Waals surface area (Å²) in [5.74, 6) is -0.139. The van der Waals surface area contributed by atoms with E-state index in [9.17, 15) is 8.78 Å². The SMILES string of the molecule is CC(C)(C)n1c(C2CC2)nc(-c2cccc(F)c2F)c1N. The molecule has 5 heteroatoms. The van der Waals surface area contributed by atoms with Crippen LogP contribution in [-0.2, 0) is 5.54 Å². The summed E-state index contributed by atoms with van der Waals surface area (Å²) in [6, 6.07) is 4.08. The van der Waals surface area contributed by atoms with Crippen molar-refractivity contribution in [3.8, 4) is 11.3 Å². The molecule has 0 unspecified atom stereocenters. The Kier molecular flexibility index (Phi) is 3.04. The van der Waals surface area contributed by atoms with Gasteiger partial charge in [-0.3, -0.25) is 0 Å². The van der Waals surface area contributed by atoms with Crippen LogP contribution in [0.15, 0.2) is 18.2 Å². The molecule has 112 valence electrons. The van der Waals surface area contributed by atoms with Crippen molar-refractivity contribution in [2.24, 2.45) is 0 Å². The number of halogens is 2. The second-order valence-corrected chi connectivity index (χ2v) is 6.59. The first-order chi connectivity index (χ1) is 9.80. The minimum absolute atomic E-state index is 0.123. The summed E-state index contributed by atoms with van der Waals surface area (Å²) < 4.78 is 29.4. The molecule has 0 amide bonds. The Hall–Kier alpha value is -1.91. The van der Waals surface area contributed by atoms with E-state index in [0.717, 1.165) is 24.7 Å². The molecule has 3 rings (SSSR count). The monoisotopic (exact) mass is 291 g/mol. The third-order valence-corrected chi connectivity index (χ3v) is 3.76. The maximum Gasteiger partial charge on any atom is 0.168 e. The number of hydrogen-bond donors (Lipinski definition) is 1. The van der Waals surface area contributed by atoms with Crippen LogP contribution in [0, 0.1) is 11.6 Å². The molecule has 1 aromatic carbocycles. The fraction of sp³-hybridized carbons (Fsp3) is 0.438. The minimum Gasteiger partial charge on any atom is -0.383 e. The maximum atomic E-state index is 14.0. The zero-order valence-electron chi connectivity index (χ0n) is 12.5. The van der Waals surface area contributed by atoms with Crippen LogP contribution in [0.3, 0.4) is 0 Å². The number of imidazole rings is 1. The number of benzene rings is 1. The van der Waals surface area contributed by atoms with Gasteiger partial charge in [-0.1, -0.05) is 6.07 Å². The van der Waals surface area contributed by atoms with E-state index in [1.807, 2.05) is 25.3 Å². The van der Waals surface area contributed by atoms with Crippen molar-refractivity contribution in [3.05, 3.63) is 35.7 Å². The van der Waals surface area contributed by atoms with Gasteiger partial charge in [0.25, 0.3) is 0 Å². The normalized spacial score (nSPS) is 15.5. The number of aromatic nitrogens is 2. The minimum atomic E-state index is -0.898. The fourth-order valence-electron chi connectivity index (χ4n) is 2.66. The lowest BCUT2D eigenvalue weighted by Gasteiger charge is -2.25. The van der Waals surface area contributed by atoms with E-state index in [2.05, 4.69) is 4.98 Å². The number of rotatable bonds is 2. The molecule has 0 radical (unpaired) electrons. The van der Waals surface area contributed by atoms with Gasteiger partial charge in [-0.05, 0) is 45.7 Å². The molecule has 0 saturated heterocycles. The van der Waals surface area contributed by atoms with Crippen LogP contribution >= 0.6 is 0 Å². The highest BCUT2D eigenvalue weighted by Crippen LogP contribution is 2.44. The lowest BCUT2D eigenvalue weighted by Crippen LogP contribution is -2.25. The van der Waals surface area contributed by atoms with Gasteiger partial charge in [0.2, 0.25) is 0 Å². The largest absolute Gasteiger partial charge is 0.383 e. The Bertz CT molecular complexity index is 694. The van der Waals surface area contributed by atoms with E-state index in [-0.39, 0.29) is 11.1 Å². The Morgan fingerprint density at radius 3 is 2.48 bits per heavy atom. The Balaban J connectivity index is 2.23. The van der Waals surface area contributed by atoms with Crippen LogP contribution in [-0.4, -0.2) is 9.55 Å². The summed E-state index contributed by atoms with van der Waals surface area (Å²) in [5.41, 5.74) is 6.42. The molecule has 1 aliphatic carbocycles. The van der Waals surface area contributed by atoms with Crippen molar-refractivity contribution in [3.63, 3.8) is 0 Å². The van der Waals surface area contributed by atoms with Gasteiger partial charge in [0.15, 0.2) is 11.6 Å². The number of nitrogen functional groups attached to an aromatic ring is 1. The molecule has 2 N–H and O–H groups in total. The molecule has 1 saturated carbocycles. The summed E-state index contributed by atoms with van der Waals surface area (Å²) in [4.78, 5) is 4.54. The van der Waals surface area contributed by atoms with Gasteiger partial charge in [-0.25, -0.2) is 13.8 Å². The van der Waals surface area contributed by atoms with Crippen molar-refractivity contribution < 1.29 is 8.78 Å². The number of nitrogens with zero attached hydrogens (tertiary/aromatic N) is 2. The van der Waals surface area contributed by atoms with Crippen LogP contribution in [0.2, 0.25) is 0 Å². The fourth-order valence-corrected chi connectivity index (χ4v) is 2.66. The Labute approximate surface area is 122 Å². The summed E-state index contributed by atoms with van der Waals surface area (Å²) in [6.45, 7) is 6.09. The summed E-state index contributed by atoms with van der Waals surface area (Å²) in [7, 11) is 0. The van der Waals surface area contributed by atoms with E-state index in [0.29, 0.717) is 17.4 Å². The van der Waals surface area contributed by atoms with E-state index in [1.165, 1.54) is 12.1 Å². The van der Waals surface area contributed by atoms with Gasteiger partial charge in [0.1, 0.15) is 17.3 Å². The molecular formula is C16H19F2N3.